The minimum atomic E-state index is -0.562. The Labute approximate surface area is 209 Å². The van der Waals surface area contributed by atoms with Gasteiger partial charge in [-0.3, -0.25) is 19.7 Å². The zero-order valence-electron chi connectivity index (χ0n) is 19.5. The summed E-state index contributed by atoms with van der Waals surface area (Å²) in [7, 11) is 2.97. The van der Waals surface area contributed by atoms with E-state index in [1.165, 1.54) is 44.6 Å². The third-order valence-corrected chi connectivity index (χ3v) is 5.93. The molecule has 0 amide bonds. The molecule has 36 heavy (non-hydrogen) atoms. The first kappa shape index (κ1) is 24.7. The number of non-ortho nitro benzene ring substituents is 1. The van der Waals surface area contributed by atoms with Crippen molar-refractivity contribution in [1.82, 2.24) is 0 Å². The lowest BCUT2D eigenvalue weighted by Gasteiger charge is -2.14. The van der Waals surface area contributed by atoms with Crippen molar-refractivity contribution in [3.63, 3.8) is 0 Å². The predicted molar refractivity (Wildman–Crippen MR) is 134 cm³/mol. The molecule has 3 aromatic carbocycles. The van der Waals surface area contributed by atoms with E-state index in [1.807, 2.05) is 0 Å². The van der Waals surface area contributed by atoms with Crippen molar-refractivity contribution >= 4 is 34.0 Å². The molecule has 0 spiro atoms. The maximum absolute atomic E-state index is 13.4. The van der Waals surface area contributed by atoms with Crippen LogP contribution in [-0.2, 0) is 0 Å². The van der Waals surface area contributed by atoms with Gasteiger partial charge in [-0.05, 0) is 55.0 Å². The van der Waals surface area contributed by atoms with Crippen LogP contribution in [0, 0.1) is 17.0 Å². The van der Waals surface area contributed by atoms with Gasteiger partial charge in [-0.2, -0.15) is 0 Å². The minimum absolute atomic E-state index is 0.0895. The number of ketones is 1. The van der Waals surface area contributed by atoms with Crippen molar-refractivity contribution in [1.29, 1.82) is 0 Å². The van der Waals surface area contributed by atoms with Gasteiger partial charge in [0.1, 0.15) is 5.58 Å². The van der Waals surface area contributed by atoms with Crippen LogP contribution >= 0.6 is 11.6 Å². The molecule has 9 nitrogen and oxygen atoms in total. The summed E-state index contributed by atoms with van der Waals surface area (Å²) in [4.78, 5) is 36.5. The Kier molecular flexibility index (Phi) is 6.93. The van der Waals surface area contributed by atoms with E-state index in [1.54, 1.807) is 31.2 Å². The lowest BCUT2D eigenvalue weighted by molar-refractivity contribution is -0.384. The number of hydrogen-bond acceptors (Lipinski definition) is 8. The maximum atomic E-state index is 13.4. The summed E-state index contributed by atoms with van der Waals surface area (Å²) in [5, 5.41) is 11.4. The van der Waals surface area contributed by atoms with Crippen molar-refractivity contribution in [2.75, 3.05) is 20.8 Å². The van der Waals surface area contributed by atoms with E-state index in [2.05, 4.69) is 0 Å². The molecule has 1 heterocycles. The molecule has 0 unspecified atom stereocenters. The van der Waals surface area contributed by atoms with Crippen LogP contribution in [0.2, 0.25) is 5.02 Å². The number of halogens is 1. The monoisotopic (exact) mass is 509 g/mol. The van der Waals surface area contributed by atoms with Crippen molar-refractivity contribution in [2.24, 2.45) is 0 Å². The highest BCUT2D eigenvalue weighted by Gasteiger charge is 2.21. The molecule has 0 radical (unpaired) electrons. The Morgan fingerprint density at radius 3 is 2.36 bits per heavy atom. The van der Waals surface area contributed by atoms with Gasteiger partial charge in [0.05, 0.1) is 24.5 Å². The molecule has 10 heteroatoms. The Hall–Kier alpha value is -4.37. The number of carbonyl (C=O) groups is 1. The highest BCUT2D eigenvalue weighted by Crippen LogP contribution is 2.37. The third kappa shape index (κ3) is 4.73. The lowest BCUT2D eigenvalue weighted by atomic mass is 10.1. The highest BCUT2D eigenvalue weighted by atomic mass is 35.5. The molecule has 0 saturated heterocycles. The normalized spacial score (nSPS) is 10.8. The van der Waals surface area contributed by atoms with Crippen LogP contribution in [0.1, 0.15) is 15.9 Å². The minimum Gasteiger partial charge on any atom is -0.493 e. The quantitative estimate of drug-likeness (QED) is 0.171. The van der Waals surface area contributed by atoms with Crippen molar-refractivity contribution in [3.05, 3.63) is 91.1 Å². The largest absolute Gasteiger partial charge is 0.493 e. The molecule has 0 fully saturated rings. The molecule has 0 aliphatic heterocycles. The Morgan fingerprint density at radius 1 is 1.03 bits per heavy atom. The van der Waals surface area contributed by atoms with Gasteiger partial charge in [0.25, 0.3) is 5.69 Å². The molecule has 0 aliphatic carbocycles. The molecule has 0 N–H and O–H groups in total. The summed E-state index contributed by atoms with van der Waals surface area (Å²) in [5.74, 6) is 0.293. The molecule has 4 aromatic rings. The van der Waals surface area contributed by atoms with E-state index in [0.717, 1.165) is 0 Å². The standard InChI is InChI=1S/C26H20ClNO8/c1-14-10-22-18(12-19(14)27)24(30)26(25(36-22)16-6-9-21(33-2)23(11-16)34-3)35-13-20(29)15-4-7-17(8-5-15)28(31)32/h4-12H,13H2,1-3H3. The predicted octanol–water partition coefficient (Wildman–Crippen LogP) is 5.61. The van der Waals surface area contributed by atoms with Crippen LogP contribution in [0.15, 0.2) is 63.8 Å². The van der Waals surface area contributed by atoms with Crippen LogP contribution < -0.4 is 19.6 Å². The number of nitro benzene ring substituents is 1. The van der Waals surface area contributed by atoms with Crippen molar-refractivity contribution < 1.29 is 28.3 Å². The number of rotatable bonds is 8. The molecular formula is C26H20ClNO8. The van der Waals surface area contributed by atoms with Gasteiger partial charge in [-0.1, -0.05) is 11.6 Å². The second kappa shape index (κ2) is 10.1. The van der Waals surface area contributed by atoms with Crippen LogP contribution in [-0.4, -0.2) is 31.5 Å². The van der Waals surface area contributed by atoms with Crippen LogP contribution in [0.5, 0.6) is 17.2 Å². The molecule has 1 aromatic heterocycles. The number of fused-ring (bicyclic) bond motifs is 1. The number of nitrogens with zero attached hydrogens (tertiary/aromatic N) is 1. The van der Waals surface area contributed by atoms with Crippen molar-refractivity contribution in [2.45, 2.75) is 6.92 Å². The SMILES string of the molecule is COc1ccc(-c2oc3cc(C)c(Cl)cc3c(=O)c2OCC(=O)c2ccc([N+](=O)[O-])cc2)cc1OC. The topological polar surface area (TPSA) is 118 Å². The number of methoxy groups -OCH3 is 2. The summed E-state index contributed by atoms with van der Waals surface area (Å²) in [5.41, 5.74) is 0.993. The first-order chi connectivity index (χ1) is 17.2. The summed E-state index contributed by atoms with van der Waals surface area (Å²) < 4.78 is 22.5. The fourth-order valence-corrected chi connectivity index (χ4v) is 3.75. The summed E-state index contributed by atoms with van der Waals surface area (Å²) in [6.07, 6.45) is 0. The van der Waals surface area contributed by atoms with Gasteiger partial charge >= 0.3 is 0 Å². The fourth-order valence-electron chi connectivity index (χ4n) is 3.59. The summed E-state index contributed by atoms with van der Waals surface area (Å²) in [6.45, 7) is 1.28. The number of aryl methyl sites for hydroxylation is 1. The number of hydrogen-bond donors (Lipinski definition) is 0. The smallest absolute Gasteiger partial charge is 0.269 e. The molecule has 4 rings (SSSR count). The van der Waals surface area contributed by atoms with Crippen LogP contribution in [0.4, 0.5) is 5.69 Å². The van der Waals surface area contributed by atoms with E-state index >= 15 is 0 Å². The van der Waals surface area contributed by atoms with E-state index in [9.17, 15) is 19.7 Å². The number of nitro groups is 1. The Balaban J connectivity index is 1.79. The highest BCUT2D eigenvalue weighted by molar-refractivity contribution is 6.32. The van der Waals surface area contributed by atoms with Gasteiger partial charge in [0.15, 0.2) is 29.6 Å². The number of ether oxygens (including phenoxy) is 3. The fraction of sp³-hybridized carbons (Fsp3) is 0.154. The van der Waals surface area contributed by atoms with E-state index < -0.39 is 22.7 Å². The number of Topliss-reactive ketones (excluding diaryl/α,β-unsaturated/α-hetero) is 1. The first-order valence-electron chi connectivity index (χ1n) is 10.6. The van der Waals surface area contributed by atoms with Crippen molar-refractivity contribution in [3.8, 4) is 28.6 Å². The Morgan fingerprint density at radius 2 is 1.72 bits per heavy atom. The molecule has 0 atom stereocenters. The second-order valence-corrected chi connectivity index (χ2v) is 8.18. The second-order valence-electron chi connectivity index (χ2n) is 7.77. The van der Waals surface area contributed by atoms with Gasteiger partial charge in [0, 0.05) is 28.3 Å². The number of carbonyl (C=O) groups excluding carboxylic acids is 1. The van der Waals surface area contributed by atoms with Gasteiger partial charge in [-0.15, -0.1) is 0 Å². The zero-order chi connectivity index (χ0) is 26.0. The van der Waals surface area contributed by atoms with Gasteiger partial charge in [-0.25, -0.2) is 0 Å². The zero-order valence-corrected chi connectivity index (χ0v) is 20.3. The van der Waals surface area contributed by atoms with Gasteiger partial charge in [0.2, 0.25) is 11.2 Å². The van der Waals surface area contributed by atoms with E-state index in [4.69, 9.17) is 30.2 Å². The summed E-state index contributed by atoms with van der Waals surface area (Å²) in [6, 6.07) is 13.2. The first-order valence-corrected chi connectivity index (χ1v) is 11.0. The molecule has 0 aliphatic rings. The summed E-state index contributed by atoms with van der Waals surface area (Å²) >= 11 is 6.23. The molecular weight excluding hydrogens is 490 g/mol. The number of benzene rings is 3. The average molecular weight is 510 g/mol. The Bertz CT molecular complexity index is 1540. The van der Waals surface area contributed by atoms with E-state index in [-0.39, 0.29) is 28.1 Å². The maximum Gasteiger partial charge on any atom is 0.269 e. The third-order valence-electron chi connectivity index (χ3n) is 5.52. The molecule has 184 valence electrons. The average Bonchev–Trinajstić information content (AvgIpc) is 2.88. The van der Waals surface area contributed by atoms with Gasteiger partial charge < -0.3 is 18.6 Å². The van der Waals surface area contributed by atoms with Crippen LogP contribution in [0.3, 0.4) is 0 Å². The molecule has 0 saturated carbocycles. The van der Waals surface area contributed by atoms with E-state index in [0.29, 0.717) is 33.2 Å². The molecule has 0 bridgehead atoms. The lowest BCUT2D eigenvalue weighted by Crippen LogP contribution is -2.17. The van der Waals surface area contributed by atoms with Crippen LogP contribution in [0.25, 0.3) is 22.3 Å².